The zero-order chi connectivity index (χ0) is 21.1. The SMILES string of the molecule is Cc1nc(N2CCN(C)CC2)nc(C)c1NC(=O)C1(c2ccccc2)CCOCC1. The van der Waals surface area contributed by atoms with Gasteiger partial charge < -0.3 is 19.9 Å². The predicted molar refractivity (Wildman–Crippen MR) is 118 cm³/mol. The molecule has 1 N–H and O–H groups in total. The molecule has 0 spiro atoms. The van der Waals surface area contributed by atoms with E-state index in [9.17, 15) is 4.79 Å². The van der Waals surface area contributed by atoms with Gasteiger partial charge in [0.25, 0.3) is 0 Å². The topological polar surface area (TPSA) is 70.6 Å². The molecule has 2 saturated heterocycles. The molecular weight excluding hydrogens is 378 g/mol. The highest BCUT2D eigenvalue weighted by Crippen LogP contribution is 2.36. The lowest BCUT2D eigenvalue weighted by Gasteiger charge is -2.36. The number of carbonyl (C=O) groups is 1. The van der Waals surface area contributed by atoms with Crippen LogP contribution in [0.25, 0.3) is 0 Å². The summed E-state index contributed by atoms with van der Waals surface area (Å²) < 4.78 is 5.57. The number of ether oxygens (including phenoxy) is 1. The molecule has 0 radical (unpaired) electrons. The lowest BCUT2D eigenvalue weighted by Crippen LogP contribution is -2.46. The van der Waals surface area contributed by atoms with Crippen molar-refractivity contribution in [3.05, 3.63) is 47.3 Å². The standard InChI is InChI=1S/C23H31N5O2/c1-17-20(18(2)25-22(24-17)28-13-11-27(3)12-14-28)26-21(29)23(9-15-30-16-10-23)19-7-5-4-6-8-19/h4-8H,9-16H2,1-3H3,(H,26,29). The van der Waals surface area contributed by atoms with Gasteiger partial charge >= 0.3 is 0 Å². The molecule has 7 heteroatoms. The third-order valence-electron chi connectivity index (χ3n) is 6.39. The highest BCUT2D eigenvalue weighted by atomic mass is 16.5. The van der Waals surface area contributed by atoms with Crippen LogP contribution in [0.2, 0.25) is 0 Å². The first-order valence-corrected chi connectivity index (χ1v) is 10.7. The molecule has 1 aromatic carbocycles. The summed E-state index contributed by atoms with van der Waals surface area (Å²) in [5, 5.41) is 3.18. The molecule has 160 valence electrons. The molecule has 2 aliphatic rings. The normalized spacial score (nSPS) is 19.5. The summed E-state index contributed by atoms with van der Waals surface area (Å²) in [5.41, 5.74) is 2.78. The second-order valence-electron chi connectivity index (χ2n) is 8.37. The molecule has 0 bridgehead atoms. The predicted octanol–water partition coefficient (Wildman–Crippen LogP) is 2.53. The Morgan fingerprint density at radius 1 is 1.00 bits per heavy atom. The van der Waals surface area contributed by atoms with E-state index in [-0.39, 0.29) is 5.91 Å². The summed E-state index contributed by atoms with van der Waals surface area (Å²) in [6, 6.07) is 10.0. The van der Waals surface area contributed by atoms with Gasteiger partial charge in [0.1, 0.15) is 0 Å². The average molecular weight is 410 g/mol. The summed E-state index contributed by atoms with van der Waals surface area (Å²) in [6.45, 7) is 8.89. The number of piperazine rings is 1. The van der Waals surface area contributed by atoms with Gasteiger partial charge in [-0.15, -0.1) is 0 Å². The molecule has 0 saturated carbocycles. The monoisotopic (exact) mass is 409 g/mol. The summed E-state index contributed by atoms with van der Waals surface area (Å²) in [6.07, 6.45) is 1.34. The fourth-order valence-electron chi connectivity index (χ4n) is 4.38. The van der Waals surface area contributed by atoms with Crippen molar-refractivity contribution in [2.45, 2.75) is 32.1 Å². The number of rotatable bonds is 4. The number of likely N-dealkylation sites (N-methyl/N-ethyl adjacent to an activating group) is 1. The number of carbonyl (C=O) groups excluding carboxylic acids is 1. The Labute approximate surface area is 178 Å². The molecular formula is C23H31N5O2. The van der Waals surface area contributed by atoms with Crippen LogP contribution >= 0.6 is 0 Å². The van der Waals surface area contributed by atoms with Gasteiger partial charge in [-0.05, 0) is 39.3 Å². The van der Waals surface area contributed by atoms with E-state index in [2.05, 4.69) is 22.2 Å². The fraction of sp³-hybridized carbons (Fsp3) is 0.522. The quantitative estimate of drug-likeness (QED) is 0.837. The van der Waals surface area contributed by atoms with Crippen molar-refractivity contribution < 1.29 is 9.53 Å². The third-order valence-corrected chi connectivity index (χ3v) is 6.39. The Hall–Kier alpha value is -2.51. The molecule has 1 amide bonds. The fourth-order valence-corrected chi connectivity index (χ4v) is 4.38. The van der Waals surface area contributed by atoms with Crippen molar-refractivity contribution in [1.29, 1.82) is 0 Å². The lowest BCUT2D eigenvalue weighted by molar-refractivity contribution is -0.125. The summed E-state index contributed by atoms with van der Waals surface area (Å²) in [7, 11) is 2.13. The Morgan fingerprint density at radius 2 is 1.60 bits per heavy atom. The van der Waals surface area contributed by atoms with Crippen LogP contribution in [0.1, 0.15) is 29.8 Å². The number of benzene rings is 1. The van der Waals surface area contributed by atoms with E-state index in [4.69, 9.17) is 14.7 Å². The van der Waals surface area contributed by atoms with Crippen LogP contribution in [0.15, 0.2) is 30.3 Å². The highest BCUT2D eigenvalue weighted by Gasteiger charge is 2.42. The van der Waals surface area contributed by atoms with Crippen molar-refractivity contribution in [2.24, 2.45) is 0 Å². The number of hydrogen-bond donors (Lipinski definition) is 1. The van der Waals surface area contributed by atoms with Crippen LogP contribution < -0.4 is 10.2 Å². The highest BCUT2D eigenvalue weighted by molar-refractivity contribution is 6.00. The van der Waals surface area contributed by atoms with E-state index in [0.29, 0.717) is 26.1 Å². The minimum atomic E-state index is -0.589. The van der Waals surface area contributed by atoms with Crippen LogP contribution in [0, 0.1) is 13.8 Å². The van der Waals surface area contributed by atoms with E-state index in [1.165, 1.54) is 0 Å². The Kier molecular flexibility index (Phi) is 6.01. The first kappa shape index (κ1) is 20.8. The molecule has 0 atom stereocenters. The second kappa shape index (κ2) is 8.70. The van der Waals surface area contributed by atoms with E-state index >= 15 is 0 Å². The van der Waals surface area contributed by atoms with Gasteiger partial charge in [-0.3, -0.25) is 4.79 Å². The number of aryl methyl sites for hydroxylation is 2. The first-order valence-electron chi connectivity index (χ1n) is 10.7. The van der Waals surface area contributed by atoms with Gasteiger partial charge in [0.15, 0.2) is 0 Å². The van der Waals surface area contributed by atoms with Crippen LogP contribution in [-0.2, 0) is 14.9 Å². The molecule has 7 nitrogen and oxygen atoms in total. The van der Waals surface area contributed by atoms with Gasteiger partial charge in [0.05, 0.1) is 22.5 Å². The minimum Gasteiger partial charge on any atom is -0.381 e. The molecule has 0 aliphatic carbocycles. The van der Waals surface area contributed by atoms with Crippen molar-refractivity contribution in [2.75, 3.05) is 56.7 Å². The molecule has 3 heterocycles. The van der Waals surface area contributed by atoms with Gasteiger partial charge in [-0.1, -0.05) is 30.3 Å². The molecule has 2 fully saturated rings. The maximum absolute atomic E-state index is 13.6. The number of amides is 1. The van der Waals surface area contributed by atoms with Crippen LogP contribution in [0.4, 0.5) is 11.6 Å². The molecule has 4 rings (SSSR count). The smallest absolute Gasteiger partial charge is 0.235 e. The third kappa shape index (κ3) is 4.04. The minimum absolute atomic E-state index is 0.000790. The maximum atomic E-state index is 13.6. The van der Waals surface area contributed by atoms with E-state index in [0.717, 1.165) is 54.8 Å². The van der Waals surface area contributed by atoms with E-state index in [1.807, 2.05) is 44.2 Å². The zero-order valence-corrected chi connectivity index (χ0v) is 18.1. The zero-order valence-electron chi connectivity index (χ0n) is 18.1. The van der Waals surface area contributed by atoms with E-state index < -0.39 is 5.41 Å². The van der Waals surface area contributed by atoms with Gasteiger partial charge in [0, 0.05) is 39.4 Å². The molecule has 30 heavy (non-hydrogen) atoms. The van der Waals surface area contributed by atoms with Crippen molar-refractivity contribution in [1.82, 2.24) is 14.9 Å². The summed E-state index contributed by atoms with van der Waals surface area (Å²) in [5.74, 6) is 0.749. The number of aromatic nitrogens is 2. The molecule has 2 aliphatic heterocycles. The van der Waals surface area contributed by atoms with E-state index in [1.54, 1.807) is 0 Å². The number of anilines is 2. The average Bonchev–Trinajstić information content (AvgIpc) is 2.77. The number of hydrogen-bond acceptors (Lipinski definition) is 6. The Balaban J connectivity index is 1.59. The number of nitrogens with one attached hydrogen (secondary N) is 1. The summed E-state index contributed by atoms with van der Waals surface area (Å²) >= 11 is 0. The first-order chi connectivity index (χ1) is 14.5. The number of nitrogens with zero attached hydrogens (tertiary/aromatic N) is 4. The molecule has 1 aromatic heterocycles. The Bertz CT molecular complexity index is 865. The van der Waals surface area contributed by atoms with Crippen LogP contribution in [-0.4, -0.2) is 67.2 Å². The molecule has 2 aromatic rings. The largest absolute Gasteiger partial charge is 0.381 e. The van der Waals surface area contributed by atoms with Crippen molar-refractivity contribution in [3.8, 4) is 0 Å². The maximum Gasteiger partial charge on any atom is 0.235 e. The van der Waals surface area contributed by atoms with Crippen LogP contribution in [0.5, 0.6) is 0 Å². The second-order valence-corrected chi connectivity index (χ2v) is 8.37. The van der Waals surface area contributed by atoms with Gasteiger partial charge in [-0.25, -0.2) is 9.97 Å². The Morgan fingerprint density at radius 3 is 2.20 bits per heavy atom. The van der Waals surface area contributed by atoms with Gasteiger partial charge in [0.2, 0.25) is 11.9 Å². The molecule has 0 unspecified atom stereocenters. The van der Waals surface area contributed by atoms with Crippen LogP contribution in [0.3, 0.4) is 0 Å². The van der Waals surface area contributed by atoms with Crippen molar-refractivity contribution in [3.63, 3.8) is 0 Å². The van der Waals surface area contributed by atoms with Gasteiger partial charge in [-0.2, -0.15) is 0 Å². The van der Waals surface area contributed by atoms with Crippen molar-refractivity contribution >= 4 is 17.5 Å². The summed E-state index contributed by atoms with van der Waals surface area (Å²) in [4.78, 5) is 27.6. The lowest BCUT2D eigenvalue weighted by atomic mass is 9.73.